The van der Waals surface area contributed by atoms with E-state index in [1.165, 1.54) is 0 Å². The van der Waals surface area contributed by atoms with Crippen LogP contribution in [0.1, 0.15) is 63.6 Å². The number of hydrogen-bond donors (Lipinski definition) is 1. The second-order valence-corrected chi connectivity index (χ2v) is 12.0. The number of rotatable bonds is 4. The number of hydrogen-bond acceptors (Lipinski definition) is 7. The lowest BCUT2D eigenvalue weighted by Crippen LogP contribution is -2.67. The third kappa shape index (κ3) is 3.77. The Morgan fingerprint density at radius 1 is 0.951 bits per heavy atom. The number of phenols is 1. The first-order valence-corrected chi connectivity index (χ1v) is 14.6. The number of ketones is 2. The molecule has 6 nitrogen and oxygen atoms in total. The van der Waals surface area contributed by atoms with Crippen molar-refractivity contribution in [1.29, 1.82) is 0 Å². The van der Waals surface area contributed by atoms with Gasteiger partial charge in [0.1, 0.15) is 5.75 Å². The zero-order valence-electron chi connectivity index (χ0n) is 22.7. The molecule has 7 rings (SSSR count). The van der Waals surface area contributed by atoms with Gasteiger partial charge in [0.2, 0.25) is 0 Å². The molecule has 3 aromatic rings. The summed E-state index contributed by atoms with van der Waals surface area (Å²) in [5.74, 6) is -1.33. The summed E-state index contributed by atoms with van der Waals surface area (Å²) in [6.07, 6.45) is 8.62. The van der Waals surface area contributed by atoms with Crippen LogP contribution in [0, 0.1) is 5.92 Å². The Hall–Kier alpha value is -3.75. The summed E-state index contributed by atoms with van der Waals surface area (Å²) in [5, 5.41) is 10.5. The van der Waals surface area contributed by atoms with Gasteiger partial charge in [-0.1, -0.05) is 73.3 Å². The number of phenolic OH excluding ortho intramolecular Hbond substituents is 1. The van der Waals surface area contributed by atoms with E-state index in [-0.39, 0.29) is 28.8 Å². The average Bonchev–Trinajstić information content (AvgIpc) is 3.50. The summed E-state index contributed by atoms with van der Waals surface area (Å²) in [5.41, 5.74) is 3.43. The Morgan fingerprint density at radius 3 is 2.29 bits per heavy atom. The molecule has 0 bridgehead atoms. The van der Waals surface area contributed by atoms with Gasteiger partial charge in [0.25, 0.3) is 5.79 Å². The van der Waals surface area contributed by atoms with E-state index < -0.39 is 11.4 Å². The van der Waals surface area contributed by atoms with Crippen molar-refractivity contribution in [2.75, 3.05) is 7.11 Å². The maximum absolute atomic E-state index is 13.4. The molecule has 2 heterocycles. The SMILES string of the molecule is COC1(c2cc(O)ccc2/C=C/C2=CC(=C3C(=O)c4ccccc4C3=O)c3ccccc3S2)OOC12CCCC2C. The van der Waals surface area contributed by atoms with Gasteiger partial charge < -0.3 is 9.84 Å². The lowest BCUT2D eigenvalue weighted by atomic mass is 9.77. The van der Waals surface area contributed by atoms with Gasteiger partial charge in [0, 0.05) is 33.6 Å². The molecular formula is C34H28O6S. The van der Waals surface area contributed by atoms with E-state index in [0.29, 0.717) is 22.3 Å². The van der Waals surface area contributed by atoms with E-state index >= 15 is 0 Å². The lowest BCUT2D eigenvalue weighted by molar-refractivity contribution is -0.624. The monoisotopic (exact) mass is 564 g/mol. The molecule has 41 heavy (non-hydrogen) atoms. The van der Waals surface area contributed by atoms with Gasteiger partial charge in [0.15, 0.2) is 17.2 Å². The van der Waals surface area contributed by atoms with Crippen LogP contribution in [-0.4, -0.2) is 29.4 Å². The predicted molar refractivity (Wildman–Crippen MR) is 156 cm³/mol. The Labute approximate surface area is 242 Å². The zero-order valence-corrected chi connectivity index (χ0v) is 23.5. The summed E-state index contributed by atoms with van der Waals surface area (Å²) >= 11 is 1.57. The number of carbonyl (C=O) groups is 2. The normalized spacial score (nSPS) is 26.9. The molecule has 2 fully saturated rings. The largest absolute Gasteiger partial charge is 0.508 e. The minimum atomic E-state index is -1.15. The van der Waals surface area contributed by atoms with E-state index in [1.54, 1.807) is 55.3 Å². The van der Waals surface area contributed by atoms with E-state index in [1.807, 2.05) is 48.6 Å². The molecule has 0 radical (unpaired) electrons. The van der Waals surface area contributed by atoms with Gasteiger partial charge in [-0.2, -0.15) is 4.89 Å². The highest BCUT2D eigenvalue weighted by atomic mass is 32.2. The van der Waals surface area contributed by atoms with Crippen LogP contribution >= 0.6 is 11.8 Å². The predicted octanol–water partition coefficient (Wildman–Crippen LogP) is 7.25. The number of aromatic hydroxyl groups is 1. The number of fused-ring (bicyclic) bond motifs is 2. The molecule has 1 saturated heterocycles. The number of Topliss-reactive ketones (excluding diaryl/α,β-unsaturated/α-hetero) is 2. The molecule has 0 amide bonds. The van der Waals surface area contributed by atoms with Crippen molar-refractivity contribution in [2.24, 2.45) is 5.92 Å². The van der Waals surface area contributed by atoms with Crippen LogP contribution in [0.5, 0.6) is 5.75 Å². The molecule has 1 saturated carbocycles. The fourth-order valence-corrected chi connectivity index (χ4v) is 7.66. The van der Waals surface area contributed by atoms with Gasteiger partial charge in [-0.25, -0.2) is 4.89 Å². The van der Waals surface area contributed by atoms with Crippen molar-refractivity contribution in [2.45, 2.75) is 42.5 Å². The van der Waals surface area contributed by atoms with Gasteiger partial charge >= 0.3 is 0 Å². The summed E-state index contributed by atoms with van der Waals surface area (Å²) < 4.78 is 6.05. The van der Waals surface area contributed by atoms with Gasteiger partial charge in [-0.3, -0.25) is 9.59 Å². The van der Waals surface area contributed by atoms with Crippen molar-refractivity contribution in [1.82, 2.24) is 0 Å². The lowest BCUT2D eigenvalue weighted by Gasteiger charge is -2.55. The quantitative estimate of drug-likeness (QED) is 0.203. The number of benzene rings is 3. The van der Waals surface area contributed by atoms with Crippen molar-refractivity contribution >= 4 is 35.0 Å². The molecule has 3 aromatic carbocycles. The van der Waals surface area contributed by atoms with Crippen LogP contribution in [0.4, 0.5) is 0 Å². The second-order valence-electron chi connectivity index (χ2n) is 10.9. The topological polar surface area (TPSA) is 82.1 Å². The molecule has 7 heteroatoms. The maximum Gasteiger partial charge on any atom is 0.261 e. The second kappa shape index (κ2) is 9.67. The number of carbonyl (C=O) groups excluding carboxylic acids is 2. The van der Waals surface area contributed by atoms with Crippen molar-refractivity contribution in [3.8, 4) is 5.75 Å². The summed E-state index contributed by atoms with van der Waals surface area (Å²) in [7, 11) is 1.61. The number of thioether (sulfide) groups is 1. The van der Waals surface area contributed by atoms with E-state index in [4.69, 9.17) is 14.5 Å². The van der Waals surface area contributed by atoms with E-state index in [0.717, 1.165) is 40.2 Å². The average molecular weight is 565 g/mol. The highest BCUT2D eigenvalue weighted by molar-refractivity contribution is 8.03. The van der Waals surface area contributed by atoms with Crippen LogP contribution in [0.3, 0.4) is 0 Å². The highest BCUT2D eigenvalue weighted by Gasteiger charge is 2.70. The van der Waals surface area contributed by atoms with Crippen LogP contribution in [0.15, 0.2) is 94.3 Å². The molecule has 3 atom stereocenters. The third-order valence-electron chi connectivity index (χ3n) is 8.78. The summed E-state index contributed by atoms with van der Waals surface area (Å²) in [6, 6.07) is 19.9. The first-order chi connectivity index (χ1) is 19.9. The maximum atomic E-state index is 13.4. The Balaban J connectivity index is 1.32. The van der Waals surface area contributed by atoms with Crippen molar-refractivity contribution < 1.29 is 29.2 Å². The fraction of sp³-hybridized carbons (Fsp3) is 0.235. The van der Waals surface area contributed by atoms with Gasteiger partial charge in [-0.15, -0.1) is 0 Å². The number of ether oxygens (including phenoxy) is 1. The smallest absolute Gasteiger partial charge is 0.261 e. The summed E-state index contributed by atoms with van der Waals surface area (Å²) in [6.45, 7) is 2.14. The Kier molecular flexibility index (Phi) is 6.17. The van der Waals surface area contributed by atoms with Crippen molar-refractivity contribution in [3.63, 3.8) is 0 Å². The first-order valence-electron chi connectivity index (χ1n) is 13.7. The molecule has 2 aliphatic carbocycles. The highest BCUT2D eigenvalue weighted by Crippen LogP contribution is 2.60. The molecule has 3 unspecified atom stereocenters. The van der Waals surface area contributed by atoms with Crippen LogP contribution in [-0.2, 0) is 20.3 Å². The van der Waals surface area contributed by atoms with Crippen LogP contribution < -0.4 is 0 Å². The van der Waals surface area contributed by atoms with Crippen LogP contribution in [0.2, 0.25) is 0 Å². The number of methoxy groups -OCH3 is 1. The zero-order chi connectivity index (χ0) is 28.4. The molecule has 0 aromatic heterocycles. The molecule has 206 valence electrons. The molecule has 1 spiro atoms. The standard InChI is InChI=1S/C34H28O6S/c1-20-8-7-17-33(20)34(38-2,40-39-33)28-18-22(35)15-13-21(28)14-16-23-19-27(24-9-5-6-12-29(24)41-23)30-31(36)25-10-3-4-11-26(25)32(30)37/h3-6,9-16,18-20,35H,7-8,17H2,1-2H3/b16-14+. The molecule has 1 N–H and O–H groups in total. The molecular weight excluding hydrogens is 536 g/mol. The number of allylic oxidation sites excluding steroid dienone is 4. The minimum absolute atomic E-state index is 0.106. The molecule has 4 aliphatic rings. The van der Waals surface area contributed by atoms with Gasteiger partial charge in [-0.05, 0) is 72.2 Å². The minimum Gasteiger partial charge on any atom is -0.508 e. The van der Waals surface area contributed by atoms with Crippen molar-refractivity contribution in [3.05, 3.63) is 117 Å². The molecule has 2 aliphatic heterocycles. The first kappa shape index (κ1) is 26.2. The fourth-order valence-electron chi connectivity index (χ4n) is 6.66. The summed E-state index contributed by atoms with van der Waals surface area (Å²) in [4.78, 5) is 40.2. The Morgan fingerprint density at radius 2 is 1.66 bits per heavy atom. The van der Waals surface area contributed by atoms with E-state index in [2.05, 4.69) is 6.92 Å². The van der Waals surface area contributed by atoms with Crippen LogP contribution in [0.25, 0.3) is 11.6 Å². The van der Waals surface area contributed by atoms with Gasteiger partial charge in [0.05, 0.1) is 5.57 Å². The third-order valence-corrected chi connectivity index (χ3v) is 9.85. The van der Waals surface area contributed by atoms with E-state index in [9.17, 15) is 14.7 Å². The Bertz CT molecular complexity index is 1680.